The highest BCUT2D eigenvalue weighted by molar-refractivity contribution is 5.89. The van der Waals surface area contributed by atoms with E-state index in [1.165, 1.54) is 0 Å². The zero-order chi connectivity index (χ0) is 23.4. The molecule has 0 bridgehead atoms. The predicted octanol–water partition coefficient (Wildman–Crippen LogP) is 1.75. The third kappa shape index (κ3) is 4.64. The summed E-state index contributed by atoms with van der Waals surface area (Å²) in [4.78, 5) is 42.0. The van der Waals surface area contributed by atoms with E-state index in [1.807, 2.05) is 31.2 Å². The summed E-state index contributed by atoms with van der Waals surface area (Å²) >= 11 is 0. The monoisotopic (exact) mass is 446 g/mol. The number of carbonyl (C=O) groups is 1. The van der Waals surface area contributed by atoms with Gasteiger partial charge in [0.15, 0.2) is 5.69 Å². The summed E-state index contributed by atoms with van der Waals surface area (Å²) in [6, 6.07) is 16.7. The van der Waals surface area contributed by atoms with Crippen LogP contribution >= 0.6 is 0 Å². The van der Waals surface area contributed by atoms with Crippen LogP contribution in [0.1, 0.15) is 28.7 Å². The first-order valence-electron chi connectivity index (χ1n) is 10.5. The van der Waals surface area contributed by atoms with Crippen LogP contribution in [-0.4, -0.2) is 36.9 Å². The summed E-state index contributed by atoms with van der Waals surface area (Å²) in [5.41, 5.74) is 1.28. The largest absolute Gasteiger partial charge is 0.352 e. The third-order valence-corrected chi connectivity index (χ3v) is 5.03. The average Bonchev–Trinajstić information content (AvgIpc) is 3.31. The van der Waals surface area contributed by atoms with Gasteiger partial charge >= 0.3 is 17.5 Å². The molecule has 10 heteroatoms. The number of nitrogens with zero attached hydrogens (tertiary/aromatic N) is 5. The van der Waals surface area contributed by atoms with Gasteiger partial charge < -0.3 is 9.84 Å². The van der Waals surface area contributed by atoms with Crippen LogP contribution in [0.2, 0.25) is 0 Å². The van der Waals surface area contributed by atoms with Crippen LogP contribution in [0.5, 0.6) is 0 Å². The summed E-state index contributed by atoms with van der Waals surface area (Å²) in [6.07, 6.45) is 0.637. The number of nitrogens with one attached hydrogen (secondary N) is 1. The van der Waals surface area contributed by atoms with Crippen molar-refractivity contribution in [1.29, 1.82) is 0 Å². The number of carbonyl (C=O) groups excluding carboxylic acids is 1. The van der Waals surface area contributed by atoms with E-state index in [-0.39, 0.29) is 24.0 Å². The molecule has 0 atom stereocenters. The predicted molar refractivity (Wildman–Crippen MR) is 120 cm³/mol. The lowest BCUT2D eigenvalue weighted by atomic mass is 10.1. The SMILES string of the molecule is CCn1c(=O)c(-c2noc(C(=O)NCCc3ccc(C)cc3)n2)nn(-c2ccccc2)c1=O. The fraction of sp³-hybridized carbons (Fsp3) is 0.217. The van der Waals surface area contributed by atoms with E-state index in [9.17, 15) is 14.4 Å². The maximum Gasteiger partial charge on any atom is 0.352 e. The van der Waals surface area contributed by atoms with Crippen molar-refractivity contribution in [3.8, 4) is 17.2 Å². The molecule has 0 radical (unpaired) electrons. The number of para-hydroxylation sites is 1. The van der Waals surface area contributed by atoms with Crippen molar-refractivity contribution in [2.75, 3.05) is 6.54 Å². The van der Waals surface area contributed by atoms with Gasteiger partial charge in [-0.2, -0.15) is 14.8 Å². The number of aromatic nitrogens is 5. The molecule has 2 aromatic heterocycles. The van der Waals surface area contributed by atoms with E-state index in [2.05, 4.69) is 20.6 Å². The zero-order valence-corrected chi connectivity index (χ0v) is 18.2. The number of rotatable bonds is 7. The molecule has 0 aliphatic carbocycles. The van der Waals surface area contributed by atoms with Crippen molar-refractivity contribution in [2.45, 2.75) is 26.8 Å². The second-order valence-electron chi connectivity index (χ2n) is 7.34. The molecule has 1 N–H and O–H groups in total. The maximum atomic E-state index is 12.8. The standard InChI is InChI=1S/C23H22N6O4/c1-3-28-22(31)18(26-29(23(28)32)17-7-5-4-6-8-17)19-25-21(33-27-19)20(30)24-14-13-16-11-9-15(2)10-12-16/h4-12H,3,13-14H2,1-2H3,(H,24,30). The van der Waals surface area contributed by atoms with Crippen LogP contribution in [0.4, 0.5) is 0 Å². The summed E-state index contributed by atoms with van der Waals surface area (Å²) in [6.45, 7) is 4.18. The Balaban J connectivity index is 1.57. The van der Waals surface area contributed by atoms with Crippen molar-refractivity contribution in [3.05, 3.63) is 92.5 Å². The van der Waals surface area contributed by atoms with Crippen molar-refractivity contribution >= 4 is 5.91 Å². The molecule has 2 aromatic carbocycles. The highest BCUT2D eigenvalue weighted by Crippen LogP contribution is 2.10. The Morgan fingerprint density at radius 1 is 1.06 bits per heavy atom. The quantitative estimate of drug-likeness (QED) is 0.458. The number of aryl methyl sites for hydroxylation is 1. The van der Waals surface area contributed by atoms with E-state index >= 15 is 0 Å². The molecule has 0 saturated carbocycles. The summed E-state index contributed by atoms with van der Waals surface area (Å²) < 4.78 is 7.17. The molecule has 0 aliphatic rings. The Morgan fingerprint density at radius 3 is 2.48 bits per heavy atom. The topological polar surface area (TPSA) is 125 Å². The van der Waals surface area contributed by atoms with Crippen LogP contribution in [0, 0.1) is 6.92 Å². The Labute approximate surface area is 188 Å². The van der Waals surface area contributed by atoms with Gasteiger partial charge in [-0.15, -0.1) is 0 Å². The van der Waals surface area contributed by atoms with Gasteiger partial charge in [-0.3, -0.25) is 14.2 Å². The van der Waals surface area contributed by atoms with E-state index in [0.29, 0.717) is 18.7 Å². The Bertz CT molecular complexity index is 1390. The van der Waals surface area contributed by atoms with Gasteiger partial charge in [-0.25, -0.2) is 4.79 Å². The van der Waals surface area contributed by atoms with Gasteiger partial charge in [0.2, 0.25) is 5.82 Å². The van der Waals surface area contributed by atoms with Gasteiger partial charge in [-0.05, 0) is 38.0 Å². The molecular weight excluding hydrogens is 424 g/mol. The molecule has 0 fully saturated rings. The summed E-state index contributed by atoms with van der Waals surface area (Å²) in [5, 5.41) is 10.6. The number of hydrogen-bond donors (Lipinski definition) is 1. The zero-order valence-electron chi connectivity index (χ0n) is 18.2. The molecule has 10 nitrogen and oxygen atoms in total. The van der Waals surface area contributed by atoms with Crippen molar-refractivity contribution in [2.24, 2.45) is 0 Å². The van der Waals surface area contributed by atoms with E-state index in [1.54, 1.807) is 37.3 Å². The smallest absolute Gasteiger partial charge is 0.347 e. The van der Waals surface area contributed by atoms with Crippen LogP contribution in [0.3, 0.4) is 0 Å². The minimum absolute atomic E-state index is 0.129. The molecule has 0 saturated heterocycles. The number of amides is 1. The second kappa shape index (κ2) is 9.43. The molecule has 4 aromatic rings. The molecule has 2 heterocycles. The van der Waals surface area contributed by atoms with Crippen LogP contribution in [0.25, 0.3) is 17.2 Å². The van der Waals surface area contributed by atoms with Crippen molar-refractivity contribution < 1.29 is 9.32 Å². The third-order valence-electron chi connectivity index (χ3n) is 5.03. The number of benzene rings is 2. The van der Waals surface area contributed by atoms with E-state index in [0.717, 1.165) is 20.4 Å². The minimum atomic E-state index is -0.665. The lowest BCUT2D eigenvalue weighted by Gasteiger charge is -2.09. The van der Waals surface area contributed by atoms with Gasteiger partial charge in [0.25, 0.3) is 5.56 Å². The first kappa shape index (κ1) is 21.9. The van der Waals surface area contributed by atoms with Crippen molar-refractivity contribution in [3.63, 3.8) is 0 Å². The first-order valence-corrected chi connectivity index (χ1v) is 10.5. The molecule has 168 valence electrons. The molecule has 0 spiro atoms. The Kier molecular flexibility index (Phi) is 6.25. The molecule has 0 unspecified atom stereocenters. The fourth-order valence-corrected chi connectivity index (χ4v) is 3.23. The van der Waals surface area contributed by atoms with Gasteiger partial charge in [0.1, 0.15) is 0 Å². The fourth-order valence-electron chi connectivity index (χ4n) is 3.23. The lowest BCUT2D eigenvalue weighted by molar-refractivity contribution is 0.0910. The Morgan fingerprint density at radius 2 is 1.79 bits per heavy atom. The van der Waals surface area contributed by atoms with E-state index < -0.39 is 17.2 Å². The Hall–Kier alpha value is -4.34. The summed E-state index contributed by atoms with van der Waals surface area (Å²) in [5.74, 6) is -1.03. The molecular formula is C23H22N6O4. The number of hydrogen-bond acceptors (Lipinski definition) is 7. The molecule has 1 amide bonds. The molecule has 33 heavy (non-hydrogen) atoms. The minimum Gasteiger partial charge on any atom is -0.347 e. The van der Waals surface area contributed by atoms with Crippen LogP contribution in [0.15, 0.2) is 68.7 Å². The summed E-state index contributed by atoms with van der Waals surface area (Å²) in [7, 11) is 0. The van der Waals surface area contributed by atoms with Crippen LogP contribution in [-0.2, 0) is 13.0 Å². The van der Waals surface area contributed by atoms with Crippen LogP contribution < -0.4 is 16.6 Å². The van der Waals surface area contributed by atoms with Crippen molar-refractivity contribution in [1.82, 2.24) is 29.8 Å². The first-order chi connectivity index (χ1) is 16.0. The second-order valence-corrected chi connectivity index (χ2v) is 7.34. The maximum absolute atomic E-state index is 12.8. The average molecular weight is 446 g/mol. The molecule has 4 rings (SSSR count). The van der Waals surface area contributed by atoms with Gasteiger partial charge in [-0.1, -0.05) is 53.2 Å². The molecule has 0 aliphatic heterocycles. The highest BCUT2D eigenvalue weighted by Gasteiger charge is 2.22. The highest BCUT2D eigenvalue weighted by atomic mass is 16.5. The lowest BCUT2D eigenvalue weighted by Crippen LogP contribution is -2.41. The van der Waals surface area contributed by atoms with Gasteiger partial charge in [0, 0.05) is 13.1 Å². The normalized spacial score (nSPS) is 10.8. The van der Waals surface area contributed by atoms with Gasteiger partial charge in [0.05, 0.1) is 5.69 Å². The van der Waals surface area contributed by atoms with E-state index in [4.69, 9.17) is 4.52 Å².